The van der Waals surface area contributed by atoms with Crippen molar-refractivity contribution in [3.8, 4) is 0 Å². The summed E-state index contributed by atoms with van der Waals surface area (Å²) in [5.74, 6) is -0.590. The van der Waals surface area contributed by atoms with Crippen molar-refractivity contribution in [2.24, 2.45) is 0 Å². The molecule has 1 heterocycles. The molecule has 1 aliphatic carbocycles. The second-order valence-corrected chi connectivity index (χ2v) is 4.51. The zero-order valence-electron chi connectivity index (χ0n) is 9.94. The minimum absolute atomic E-state index is 0.129. The molecule has 1 saturated carbocycles. The van der Waals surface area contributed by atoms with Gasteiger partial charge in [-0.3, -0.25) is 9.59 Å². The van der Waals surface area contributed by atoms with E-state index in [-0.39, 0.29) is 24.8 Å². The lowest BCUT2D eigenvalue weighted by Gasteiger charge is -2.36. The summed E-state index contributed by atoms with van der Waals surface area (Å²) in [6.45, 7) is 0.109. The highest BCUT2D eigenvalue weighted by Gasteiger charge is 2.34. The minimum atomic E-state index is -0.749. The summed E-state index contributed by atoms with van der Waals surface area (Å²) in [7, 11) is 0. The van der Waals surface area contributed by atoms with Crippen molar-refractivity contribution in [3.63, 3.8) is 0 Å². The third-order valence-electron chi connectivity index (χ3n) is 3.05. The summed E-state index contributed by atoms with van der Waals surface area (Å²) in [6, 6.07) is 3.12. The molecule has 0 bridgehead atoms. The lowest BCUT2D eigenvalue weighted by Crippen LogP contribution is -2.49. The lowest BCUT2D eigenvalue weighted by atomic mass is 9.80. The molecule has 1 aliphatic rings. The number of rotatable bonds is 5. The van der Waals surface area contributed by atoms with Crippen molar-refractivity contribution in [2.75, 3.05) is 13.1 Å². The van der Waals surface area contributed by atoms with Crippen LogP contribution in [0.5, 0.6) is 0 Å². The van der Waals surface area contributed by atoms with Crippen LogP contribution in [-0.2, 0) is 4.79 Å². The normalized spacial score (nSPS) is 16.7. The van der Waals surface area contributed by atoms with E-state index < -0.39 is 11.5 Å². The Bertz CT molecular complexity index is 423. The first-order valence-electron chi connectivity index (χ1n) is 5.90. The van der Waals surface area contributed by atoms with Crippen molar-refractivity contribution >= 4 is 11.8 Å². The molecular weight excluding hydrogens is 236 g/mol. The highest BCUT2D eigenvalue weighted by Crippen LogP contribution is 2.30. The van der Waals surface area contributed by atoms with Crippen molar-refractivity contribution in [1.82, 2.24) is 10.6 Å². The topological polar surface area (TPSA) is 91.6 Å². The number of furan rings is 1. The number of carbonyl (C=O) groups is 2. The maximum atomic E-state index is 11.4. The van der Waals surface area contributed by atoms with Gasteiger partial charge in [-0.25, -0.2) is 0 Å². The maximum Gasteiger partial charge on any atom is 0.287 e. The molecule has 1 aromatic heterocycles. The van der Waals surface area contributed by atoms with E-state index in [9.17, 15) is 14.7 Å². The summed E-state index contributed by atoms with van der Waals surface area (Å²) in [6.07, 6.45) is 3.81. The van der Waals surface area contributed by atoms with Crippen LogP contribution < -0.4 is 10.6 Å². The Morgan fingerprint density at radius 1 is 1.39 bits per heavy atom. The smallest absolute Gasteiger partial charge is 0.287 e. The van der Waals surface area contributed by atoms with Crippen LogP contribution in [0.3, 0.4) is 0 Å². The standard InChI is InChI=1S/C12H16N2O4/c15-10(14-8-12(17)4-2-5-12)7-13-11(16)9-3-1-6-18-9/h1,3,6,17H,2,4-5,7-8H2,(H,13,16)(H,14,15). The predicted molar refractivity (Wildman–Crippen MR) is 62.9 cm³/mol. The second-order valence-electron chi connectivity index (χ2n) is 4.51. The number of carbonyl (C=O) groups excluding carboxylic acids is 2. The monoisotopic (exact) mass is 252 g/mol. The zero-order valence-corrected chi connectivity index (χ0v) is 9.94. The van der Waals surface area contributed by atoms with Gasteiger partial charge in [0.05, 0.1) is 18.4 Å². The number of hydrogen-bond donors (Lipinski definition) is 3. The Labute approximate surface area is 104 Å². The molecule has 18 heavy (non-hydrogen) atoms. The fourth-order valence-electron chi connectivity index (χ4n) is 1.74. The van der Waals surface area contributed by atoms with Gasteiger partial charge in [0.2, 0.25) is 5.91 Å². The minimum Gasteiger partial charge on any atom is -0.459 e. The third kappa shape index (κ3) is 3.10. The number of hydrogen-bond acceptors (Lipinski definition) is 4. The predicted octanol–water partition coefficient (Wildman–Crippen LogP) is 0.0406. The first-order valence-corrected chi connectivity index (χ1v) is 5.90. The fourth-order valence-corrected chi connectivity index (χ4v) is 1.74. The Hall–Kier alpha value is -1.82. The van der Waals surface area contributed by atoms with E-state index in [2.05, 4.69) is 10.6 Å². The zero-order chi connectivity index (χ0) is 13.0. The van der Waals surface area contributed by atoms with Crippen LogP contribution in [0.2, 0.25) is 0 Å². The highest BCUT2D eigenvalue weighted by atomic mass is 16.3. The first-order chi connectivity index (χ1) is 8.59. The van der Waals surface area contributed by atoms with Crippen LogP contribution in [-0.4, -0.2) is 35.6 Å². The molecule has 2 amide bonds. The van der Waals surface area contributed by atoms with E-state index in [1.807, 2.05) is 0 Å². The molecule has 1 aromatic rings. The third-order valence-corrected chi connectivity index (χ3v) is 3.05. The molecule has 0 radical (unpaired) electrons. The summed E-state index contributed by atoms with van der Waals surface area (Å²) >= 11 is 0. The molecule has 6 heteroatoms. The Morgan fingerprint density at radius 3 is 2.72 bits per heavy atom. The molecule has 1 fully saturated rings. The molecule has 2 rings (SSSR count). The molecule has 0 saturated heterocycles. The SMILES string of the molecule is O=C(CNC(=O)c1ccco1)NCC1(O)CCC1. The molecule has 0 atom stereocenters. The van der Waals surface area contributed by atoms with E-state index in [0.717, 1.165) is 6.42 Å². The fraction of sp³-hybridized carbons (Fsp3) is 0.500. The van der Waals surface area contributed by atoms with Crippen molar-refractivity contribution in [1.29, 1.82) is 0 Å². The van der Waals surface area contributed by atoms with Crippen LogP contribution in [0.1, 0.15) is 29.8 Å². The van der Waals surface area contributed by atoms with Gasteiger partial charge in [0.1, 0.15) is 0 Å². The van der Waals surface area contributed by atoms with Gasteiger partial charge in [0, 0.05) is 6.54 Å². The van der Waals surface area contributed by atoms with Gasteiger partial charge >= 0.3 is 0 Å². The van der Waals surface area contributed by atoms with Crippen LogP contribution in [0, 0.1) is 0 Å². The number of aliphatic hydroxyl groups is 1. The Balaban J connectivity index is 1.67. The van der Waals surface area contributed by atoms with Crippen LogP contribution in [0.4, 0.5) is 0 Å². The van der Waals surface area contributed by atoms with Gasteiger partial charge in [-0.2, -0.15) is 0 Å². The Kier molecular flexibility index (Phi) is 3.66. The highest BCUT2D eigenvalue weighted by molar-refractivity contribution is 5.94. The van der Waals surface area contributed by atoms with Gasteiger partial charge in [-0.15, -0.1) is 0 Å². The van der Waals surface area contributed by atoms with Crippen LogP contribution >= 0.6 is 0 Å². The molecular formula is C12H16N2O4. The lowest BCUT2D eigenvalue weighted by molar-refractivity contribution is -0.122. The Morgan fingerprint density at radius 2 is 2.17 bits per heavy atom. The summed E-state index contributed by atoms with van der Waals surface area (Å²) in [5, 5.41) is 14.8. The summed E-state index contributed by atoms with van der Waals surface area (Å²) in [4.78, 5) is 22.9. The summed E-state index contributed by atoms with van der Waals surface area (Å²) in [5.41, 5.74) is -0.749. The van der Waals surface area contributed by atoms with Crippen LogP contribution in [0.25, 0.3) is 0 Å². The molecule has 0 unspecified atom stereocenters. The largest absolute Gasteiger partial charge is 0.459 e. The molecule has 98 valence electrons. The van der Waals surface area contributed by atoms with Gasteiger partial charge in [-0.1, -0.05) is 0 Å². The first kappa shape index (κ1) is 12.6. The van der Waals surface area contributed by atoms with Crippen molar-refractivity contribution in [2.45, 2.75) is 24.9 Å². The quantitative estimate of drug-likeness (QED) is 0.690. The number of nitrogens with one attached hydrogen (secondary N) is 2. The molecule has 0 aliphatic heterocycles. The van der Waals surface area contributed by atoms with E-state index in [1.165, 1.54) is 12.3 Å². The van der Waals surface area contributed by atoms with E-state index >= 15 is 0 Å². The van der Waals surface area contributed by atoms with E-state index in [1.54, 1.807) is 6.07 Å². The van der Waals surface area contributed by atoms with Gasteiger partial charge in [0.25, 0.3) is 5.91 Å². The van der Waals surface area contributed by atoms with Gasteiger partial charge in [-0.05, 0) is 31.4 Å². The average Bonchev–Trinajstić information content (AvgIpc) is 2.84. The van der Waals surface area contributed by atoms with E-state index in [0.29, 0.717) is 12.8 Å². The average molecular weight is 252 g/mol. The molecule has 0 aromatic carbocycles. The van der Waals surface area contributed by atoms with Crippen molar-refractivity contribution < 1.29 is 19.1 Å². The maximum absolute atomic E-state index is 11.4. The second kappa shape index (κ2) is 5.22. The molecule has 0 spiro atoms. The van der Waals surface area contributed by atoms with Crippen LogP contribution in [0.15, 0.2) is 22.8 Å². The summed E-state index contributed by atoms with van der Waals surface area (Å²) < 4.78 is 4.88. The molecule has 3 N–H and O–H groups in total. The van der Waals surface area contributed by atoms with Gasteiger partial charge < -0.3 is 20.2 Å². The molecule has 6 nitrogen and oxygen atoms in total. The van der Waals surface area contributed by atoms with Crippen molar-refractivity contribution in [3.05, 3.63) is 24.2 Å². The van der Waals surface area contributed by atoms with Gasteiger partial charge in [0.15, 0.2) is 5.76 Å². The van der Waals surface area contributed by atoms with E-state index in [4.69, 9.17) is 4.42 Å². The number of amides is 2.